The molecule has 0 radical (unpaired) electrons. The van der Waals surface area contributed by atoms with Crippen LogP contribution in [0.2, 0.25) is 0 Å². The summed E-state index contributed by atoms with van der Waals surface area (Å²) in [5, 5.41) is 0. The third-order valence-corrected chi connectivity index (χ3v) is 2.26. The summed E-state index contributed by atoms with van der Waals surface area (Å²) in [6, 6.07) is 7.84. The summed E-state index contributed by atoms with van der Waals surface area (Å²) in [6.07, 6.45) is 1.89. The molecule has 0 spiro atoms. The van der Waals surface area contributed by atoms with E-state index in [2.05, 4.69) is 0 Å². The zero-order valence-corrected chi connectivity index (χ0v) is 9.88. The van der Waals surface area contributed by atoms with Crippen LogP contribution >= 0.6 is 12.0 Å². The van der Waals surface area contributed by atoms with E-state index < -0.39 is 0 Å². The molecule has 0 aliphatic rings. The minimum Gasteiger partial charge on any atom is -0.497 e. The van der Waals surface area contributed by atoms with E-state index in [0.29, 0.717) is 19.8 Å². The average Bonchev–Trinajstić information content (AvgIpc) is 2.30. The quantitative estimate of drug-likeness (QED) is 0.529. The molecular formula is C11H16O3S. The van der Waals surface area contributed by atoms with Crippen LogP contribution in [-0.4, -0.2) is 26.6 Å². The van der Waals surface area contributed by atoms with Gasteiger partial charge in [0.2, 0.25) is 0 Å². The predicted octanol–water partition coefficient (Wildman–Crippen LogP) is 2.51. The van der Waals surface area contributed by atoms with Crippen molar-refractivity contribution in [3.8, 4) is 5.75 Å². The second kappa shape index (κ2) is 7.56. The summed E-state index contributed by atoms with van der Waals surface area (Å²) in [6.45, 7) is 1.85. The van der Waals surface area contributed by atoms with Crippen LogP contribution in [0.25, 0.3) is 0 Å². The van der Waals surface area contributed by atoms with E-state index in [-0.39, 0.29) is 0 Å². The van der Waals surface area contributed by atoms with Gasteiger partial charge >= 0.3 is 0 Å². The van der Waals surface area contributed by atoms with Crippen molar-refractivity contribution in [1.29, 1.82) is 0 Å². The summed E-state index contributed by atoms with van der Waals surface area (Å²) < 4.78 is 15.6. The summed E-state index contributed by atoms with van der Waals surface area (Å²) >= 11 is 1.36. The highest BCUT2D eigenvalue weighted by molar-refractivity contribution is 7.93. The first-order valence-corrected chi connectivity index (χ1v) is 5.88. The van der Waals surface area contributed by atoms with Gasteiger partial charge in [0.25, 0.3) is 0 Å². The Labute approximate surface area is 94.9 Å². The lowest BCUT2D eigenvalue weighted by Gasteiger charge is -2.05. The molecule has 15 heavy (non-hydrogen) atoms. The Bertz CT molecular complexity index is 261. The van der Waals surface area contributed by atoms with Crippen molar-refractivity contribution in [2.45, 2.75) is 6.61 Å². The molecule has 0 fully saturated rings. The van der Waals surface area contributed by atoms with Crippen molar-refractivity contribution >= 4 is 12.0 Å². The van der Waals surface area contributed by atoms with E-state index in [0.717, 1.165) is 11.3 Å². The monoisotopic (exact) mass is 228 g/mol. The molecule has 0 heterocycles. The number of hydrogen-bond acceptors (Lipinski definition) is 4. The van der Waals surface area contributed by atoms with E-state index in [1.807, 2.05) is 30.5 Å². The highest BCUT2D eigenvalue weighted by Gasteiger charge is 1.94. The molecule has 0 saturated heterocycles. The van der Waals surface area contributed by atoms with Gasteiger partial charge in [0, 0.05) is 6.26 Å². The van der Waals surface area contributed by atoms with Gasteiger partial charge in [0.15, 0.2) is 0 Å². The first-order chi connectivity index (χ1) is 7.36. The fourth-order valence-corrected chi connectivity index (χ4v) is 1.32. The van der Waals surface area contributed by atoms with Crippen LogP contribution in [0.5, 0.6) is 5.75 Å². The molecule has 1 aromatic carbocycles. The molecule has 0 atom stereocenters. The summed E-state index contributed by atoms with van der Waals surface area (Å²) in [5.74, 6) is 0.865. The topological polar surface area (TPSA) is 27.7 Å². The third kappa shape index (κ3) is 5.06. The van der Waals surface area contributed by atoms with E-state index in [4.69, 9.17) is 13.7 Å². The molecular weight excluding hydrogens is 212 g/mol. The average molecular weight is 228 g/mol. The number of rotatable bonds is 7. The minimum absolute atomic E-state index is 0.613. The number of hydrogen-bond donors (Lipinski definition) is 0. The zero-order chi connectivity index (χ0) is 10.9. The maximum Gasteiger partial charge on any atom is 0.118 e. The van der Waals surface area contributed by atoms with Crippen LogP contribution in [0, 0.1) is 0 Å². The molecule has 4 heteroatoms. The van der Waals surface area contributed by atoms with Gasteiger partial charge in [-0.3, -0.25) is 0 Å². The van der Waals surface area contributed by atoms with E-state index in [1.54, 1.807) is 7.11 Å². The van der Waals surface area contributed by atoms with Crippen molar-refractivity contribution in [3.63, 3.8) is 0 Å². The van der Waals surface area contributed by atoms with Gasteiger partial charge in [0.1, 0.15) is 5.75 Å². The predicted molar refractivity (Wildman–Crippen MR) is 62.1 cm³/mol. The first kappa shape index (κ1) is 12.4. The fourth-order valence-electron chi connectivity index (χ4n) is 1.09. The maximum atomic E-state index is 5.42. The Balaban J connectivity index is 2.20. The third-order valence-electron chi connectivity index (χ3n) is 1.86. The first-order valence-electron chi connectivity index (χ1n) is 4.73. The zero-order valence-electron chi connectivity index (χ0n) is 9.06. The van der Waals surface area contributed by atoms with Gasteiger partial charge in [-0.25, -0.2) is 0 Å². The molecule has 3 nitrogen and oxygen atoms in total. The lowest BCUT2D eigenvalue weighted by molar-refractivity contribution is 0.0952. The number of benzene rings is 1. The van der Waals surface area contributed by atoms with Gasteiger partial charge in [-0.2, -0.15) is 0 Å². The largest absolute Gasteiger partial charge is 0.497 e. The fraction of sp³-hybridized carbons (Fsp3) is 0.455. The van der Waals surface area contributed by atoms with Gasteiger partial charge in [-0.1, -0.05) is 12.1 Å². The van der Waals surface area contributed by atoms with Crippen LogP contribution in [-0.2, 0) is 15.5 Å². The summed E-state index contributed by atoms with van der Waals surface area (Å²) in [5.41, 5.74) is 1.14. The SMILES string of the molecule is COc1ccc(COCCOSC)cc1. The molecule has 0 aliphatic heterocycles. The van der Waals surface area contributed by atoms with Gasteiger partial charge in [-0.15, -0.1) is 0 Å². The lowest BCUT2D eigenvalue weighted by atomic mass is 10.2. The maximum absolute atomic E-state index is 5.42. The molecule has 0 bridgehead atoms. The highest BCUT2D eigenvalue weighted by atomic mass is 32.2. The summed E-state index contributed by atoms with van der Waals surface area (Å²) in [4.78, 5) is 0. The molecule has 1 aromatic rings. The van der Waals surface area contributed by atoms with E-state index in [1.165, 1.54) is 12.0 Å². The molecule has 0 unspecified atom stereocenters. The second-order valence-corrected chi connectivity index (χ2v) is 3.46. The Morgan fingerprint density at radius 2 is 1.87 bits per heavy atom. The normalized spacial score (nSPS) is 10.3. The van der Waals surface area contributed by atoms with E-state index in [9.17, 15) is 0 Å². The van der Waals surface area contributed by atoms with Crippen molar-refractivity contribution in [2.24, 2.45) is 0 Å². The number of methoxy groups -OCH3 is 1. The Hall–Kier alpha value is -0.710. The van der Waals surface area contributed by atoms with Crippen molar-refractivity contribution in [1.82, 2.24) is 0 Å². The Kier molecular flexibility index (Phi) is 6.23. The standard InChI is InChI=1S/C11H16O3S/c1-12-11-5-3-10(4-6-11)9-13-7-8-14-15-2/h3-6H,7-9H2,1-2H3. The minimum atomic E-state index is 0.613. The highest BCUT2D eigenvalue weighted by Crippen LogP contribution is 2.11. The number of ether oxygens (including phenoxy) is 2. The van der Waals surface area contributed by atoms with Gasteiger partial charge < -0.3 is 13.7 Å². The molecule has 0 N–H and O–H groups in total. The molecule has 0 aliphatic carbocycles. The van der Waals surface area contributed by atoms with Crippen LogP contribution in [0.15, 0.2) is 24.3 Å². The Morgan fingerprint density at radius 3 is 2.47 bits per heavy atom. The lowest BCUT2D eigenvalue weighted by Crippen LogP contribution is -2.00. The smallest absolute Gasteiger partial charge is 0.118 e. The van der Waals surface area contributed by atoms with Crippen molar-refractivity contribution in [2.75, 3.05) is 26.6 Å². The van der Waals surface area contributed by atoms with Crippen LogP contribution < -0.4 is 4.74 Å². The molecule has 0 saturated carbocycles. The Morgan fingerprint density at radius 1 is 1.13 bits per heavy atom. The van der Waals surface area contributed by atoms with Crippen LogP contribution in [0.4, 0.5) is 0 Å². The van der Waals surface area contributed by atoms with E-state index >= 15 is 0 Å². The van der Waals surface area contributed by atoms with Gasteiger partial charge in [0.05, 0.1) is 26.9 Å². The summed E-state index contributed by atoms with van der Waals surface area (Å²) in [7, 11) is 1.66. The van der Waals surface area contributed by atoms with Crippen molar-refractivity contribution < 1.29 is 13.7 Å². The molecule has 84 valence electrons. The van der Waals surface area contributed by atoms with Crippen molar-refractivity contribution in [3.05, 3.63) is 29.8 Å². The molecule has 1 rings (SSSR count). The molecule has 0 amide bonds. The van der Waals surface area contributed by atoms with Crippen LogP contribution in [0.1, 0.15) is 5.56 Å². The van der Waals surface area contributed by atoms with Gasteiger partial charge in [-0.05, 0) is 29.7 Å². The molecule has 0 aromatic heterocycles. The second-order valence-electron chi connectivity index (χ2n) is 2.89. The van der Waals surface area contributed by atoms with Crippen LogP contribution in [0.3, 0.4) is 0 Å².